The van der Waals surface area contributed by atoms with Crippen LogP contribution in [-0.4, -0.2) is 0 Å². The SMILES string of the molecule is CC.CCCCc1ccccc1N. The van der Waals surface area contributed by atoms with Crippen LogP contribution < -0.4 is 5.73 Å². The maximum absolute atomic E-state index is 5.76. The highest BCUT2D eigenvalue weighted by Gasteiger charge is 1.94. The fourth-order valence-corrected chi connectivity index (χ4v) is 1.13. The molecular weight excluding hydrogens is 158 g/mol. The Morgan fingerprint density at radius 1 is 1.15 bits per heavy atom. The van der Waals surface area contributed by atoms with E-state index in [1.165, 1.54) is 18.4 Å². The molecule has 0 aliphatic heterocycles. The second-order valence-electron chi connectivity index (χ2n) is 2.80. The molecular formula is C12H21N. The Kier molecular flexibility index (Phi) is 7.08. The van der Waals surface area contributed by atoms with Gasteiger partial charge < -0.3 is 5.73 Å². The first-order chi connectivity index (χ1) is 6.34. The molecule has 13 heavy (non-hydrogen) atoms. The van der Waals surface area contributed by atoms with E-state index in [4.69, 9.17) is 5.73 Å². The second-order valence-corrected chi connectivity index (χ2v) is 2.80. The summed E-state index contributed by atoms with van der Waals surface area (Å²) in [7, 11) is 0. The minimum Gasteiger partial charge on any atom is -0.399 e. The van der Waals surface area contributed by atoms with E-state index in [0.29, 0.717) is 0 Å². The van der Waals surface area contributed by atoms with Gasteiger partial charge in [0.15, 0.2) is 0 Å². The highest BCUT2D eigenvalue weighted by Crippen LogP contribution is 2.12. The van der Waals surface area contributed by atoms with Gasteiger partial charge in [0.1, 0.15) is 0 Å². The zero-order chi connectivity index (χ0) is 10.1. The topological polar surface area (TPSA) is 26.0 Å². The van der Waals surface area contributed by atoms with E-state index in [9.17, 15) is 0 Å². The van der Waals surface area contributed by atoms with Crippen LogP contribution in [0.5, 0.6) is 0 Å². The number of hydrogen-bond donors (Lipinski definition) is 1. The molecule has 0 aliphatic rings. The molecule has 0 saturated heterocycles. The first kappa shape index (κ1) is 12.0. The summed E-state index contributed by atoms with van der Waals surface area (Å²) in [6.45, 7) is 6.19. The Hall–Kier alpha value is -0.980. The molecule has 0 saturated carbocycles. The number of unbranched alkanes of at least 4 members (excludes halogenated alkanes) is 1. The highest BCUT2D eigenvalue weighted by atomic mass is 14.6. The Morgan fingerprint density at radius 3 is 2.31 bits per heavy atom. The third-order valence-corrected chi connectivity index (χ3v) is 1.85. The van der Waals surface area contributed by atoms with Crippen molar-refractivity contribution in [3.8, 4) is 0 Å². The number of nitrogens with two attached hydrogens (primary N) is 1. The summed E-state index contributed by atoms with van der Waals surface area (Å²) in [5.41, 5.74) is 7.98. The van der Waals surface area contributed by atoms with Crippen molar-refractivity contribution in [1.29, 1.82) is 0 Å². The molecule has 74 valence electrons. The lowest BCUT2D eigenvalue weighted by molar-refractivity contribution is 0.796. The van der Waals surface area contributed by atoms with Gasteiger partial charge in [0.25, 0.3) is 0 Å². The van der Waals surface area contributed by atoms with Crippen molar-refractivity contribution in [1.82, 2.24) is 0 Å². The molecule has 0 radical (unpaired) electrons. The maximum Gasteiger partial charge on any atom is 0.0346 e. The Bertz CT molecular complexity index is 218. The first-order valence-electron chi connectivity index (χ1n) is 5.18. The minimum absolute atomic E-state index is 0.931. The average Bonchev–Trinajstić information content (AvgIpc) is 2.20. The number of aryl methyl sites for hydroxylation is 1. The molecule has 1 nitrogen and oxygen atoms in total. The van der Waals surface area contributed by atoms with E-state index in [0.717, 1.165) is 12.1 Å². The van der Waals surface area contributed by atoms with Crippen LogP contribution in [0.15, 0.2) is 24.3 Å². The van der Waals surface area contributed by atoms with Crippen molar-refractivity contribution in [3.63, 3.8) is 0 Å². The Morgan fingerprint density at radius 2 is 1.77 bits per heavy atom. The molecule has 0 bridgehead atoms. The van der Waals surface area contributed by atoms with Crippen LogP contribution in [0.4, 0.5) is 5.69 Å². The predicted octanol–water partition coefficient (Wildman–Crippen LogP) is 3.64. The van der Waals surface area contributed by atoms with Gasteiger partial charge in [0.05, 0.1) is 0 Å². The van der Waals surface area contributed by atoms with Gasteiger partial charge in [-0.05, 0) is 24.5 Å². The molecule has 1 heteroatoms. The van der Waals surface area contributed by atoms with Gasteiger partial charge in [-0.3, -0.25) is 0 Å². The van der Waals surface area contributed by atoms with Gasteiger partial charge in [-0.15, -0.1) is 0 Å². The van der Waals surface area contributed by atoms with E-state index in [1.807, 2.05) is 32.0 Å². The van der Waals surface area contributed by atoms with E-state index >= 15 is 0 Å². The fraction of sp³-hybridized carbons (Fsp3) is 0.500. The maximum atomic E-state index is 5.76. The van der Waals surface area contributed by atoms with Crippen LogP contribution in [-0.2, 0) is 6.42 Å². The van der Waals surface area contributed by atoms with Crippen molar-refractivity contribution >= 4 is 5.69 Å². The summed E-state index contributed by atoms with van der Waals surface area (Å²) < 4.78 is 0. The molecule has 0 atom stereocenters. The van der Waals surface area contributed by atoms with Gasteiger partial charge in [-0.25, -0.2) is 0 Å². The first-order valence-corrected chi connectivity index (χ1v) is 5.18. The van der Waals surface area contributed by atoms with Gasteiger partial charge in [0.2, 0.25) is 0 Å². The van der Waals surface area contributed by atoms with E-state index in [2.05, 4.69) is 13.0 Å². The monoisotopic (exact) mass is 179 g/mol. The van der Waals surface area contributed by atoms with Crippen LogP contribution in [0, 0.1) is 0 Å². The summed E-state index contributed by atoms with van der Waals surface area (Å²) in [6, 6.07) is 8.09. The lowest BCUT2D eigenvalue weighted by Gasteiger charge is -2.02. The fourth-order valence-electron chi connectivity index (χ4n) is 1.13. The van der Waals surface area contributed by atoms with Crippen molar-refractivity contribution < 1.29 is 0 Å². The normalized spacial score (nSPS) is 8.85. The molecule has 0 amide bonds. The quantitative estimate of drug-likeness (QED) is 0.704. The van der Waals surface area contributed by atoms with E-state index < -0.39 is 0 Å². The summed E-state index contributed by atoms with van der Waals surface area (Å²) in [4.78, 5) is 0. The molecule has 0 aliphatic carbocycles. The van der Waals surface area contributed by atoms with Gasteiger partial charge >= 0.3 is 0 Å². The summed E-state index contributed by atoms with van der Waals surface area (Å²) in [5, 5.41) is 0. The molecule has 1 aromatic carbocycles. The Labute approximate surface area is 82.0 Å². The van der Waals surface area contributed by atoms with Crippen LogP contribution in [0.1, 0.15) is 39.2 Å². The predicted molar refractivity (Wildman–Crippen MR) is 60.8 cm³/mol. The van der Waals surface area contributed by atoms with Gasteiger partial charge in [0, 0.05) is 5.69 Å². The number of anilines is 1. The summed E-state index contributed by atoms with van der Waals surface area (Å²) in [6.07, 6.45) is 3.58. The van der Waals surface area contributed by atoms with E-state index in [-0.39, 0.29) is 0 Å². The minimum atomic E-state index is 0.931. The van der Waals surface area contributed by atoms with E-state index in [1.54, 1.807) is 0 Å². The molecule has 0 unspecified atom stereocenters. The molecule has 1 aromatic rings. The number of nitrogen functional groups attached to an aromatic ring is 1. The highest BCUT2D eigenvalue weighted by molar-refractivity contribution is 5.46. The van der Waals surface area contributed by atoms with Crippen LogP contribution in [0.3, 0.4) is 0 Å². The van der Waals surface area contributed by atoms with Gasteiger partial charge in [-0.2, -0.15) is 0 Å². The largest absolute Gasteiger partial charge is 0.399 e. The van der Waals surface area contributed by atoms with Crippen molar-refractivity contribution in [2.75, 3.05) is 5.73 Å². The standard InChI is InChI=1S/C10H15N.C2H6/c1-2-3-6-9-7-4-5-8-10(9)11;1-2/h4-5,7-8H,2-3,6,11H2,1H3;1-2H3. The van der Waals surface area contributed by atoms with Gasteiger partial charge in [-0.1, -0.05) is 45.4 Å². The van der Waals surface area contributed by atoms with Crippen molar-refractivity contribution in [2.24, 2.45) is 0 Å². The summed E-state index contributed by atoms with van der Waals surface area (Å²) in [5.74, 6) is 0. The Balaban J connectivity index is 0.000000671. The lowest BCUT2D eigenvalue weighted by Crippen LogP contribution is -1.92. The third kappa shape index (κ3) is 4.56. The average molecular weight is 179 g/mol. The zero-order valence-corrected chi connectivity index (χ0v) is 9.01. The summed E-state index contributed by atoms with van der Waals surface area (Å²) >= 11 is 0. The molecule has 2 N–H and O–H groups in total. The third-order valence-electron chi connectivity index (χ3n) is 1.85. The molecule has 0 aromatic heterocycles. The van der Waals surface area contributed by atoms with Crippen LogP contribution >= 0.6 is 0 Å². The smallest absolute Gasteiger partial charge is 0.0346 e. The number of benzene rings is 1. The lowest BCUT2D eigenvalue weighted by atomic mass is 10.1. The molecule has 0 spiro atoms. The van der Waals surface area contributed by atoms with Crippen LogP contribution in [0.25, 0.3) is 0 Å². The number of rotatable bonds is 3. The molecule has 0 heterocycles. The number of hydrogen-bond acceptors (Lipinski definition) is 1. The molecule has 1 rings (SSSR count). The van der Waals surface area contributed by atoms with Crippen LogP contribution in [0.2, 0.25) is 0 Å². The van der Waals surface area contributed by atoms with Crippen molar-refractivity contribution in [3.05, 3.63) is 29.8 Å². The number of para-hydroxylation sites is 1. The zero-order valence-electron chi connectivity index (χ0n) is 9.01. The van der Waals surface area contributed by atoms with Crippen molar-refractivity contribution in [2.45, 2.75) is 40.0 Å². The molecule has 0 fully saturated rings. The second kappa shape index (κ2) is 7.66.